The van der Waals surface area contributed by atoms with E-state index in [1.54, 1.807) is 0 Å². The maximum atomic E-state index is 11.6. The molecule has 0 aliphatic rings. The molecule has 9 heteroatoms. The number of rotatable bonds is 2. The molecule has 2 rings (SSSR count). The van der Waals surface area contributed by atoms with Crippen molar-refractivity contribution in [1.29, 1.82) is 0 Å². The Hall–Kier alpha value is -2.61. The van der Waals surface area contributed by atoms with Gasteiger partial charge in [0.25, 0.3) is 0 Å². The van der Waals surface area contributed by atoms with Gasteiger partial charge in [0.2, 0.25) is 5.95 Å². The Balaban J connectivity index is 2.00. The van der Waals surface area contributed by atoms with Crippen LogP contribution in [0.5, 0.6) is 0 Å². The molecule has 1 aromatic heterocycles. The summed E-state index contributed by atoms with van der Waals surface area (Å²) in [5.41, 5.74) is 6.26. The number of H-pyrrole nitrogens is 1. The first-order valence-electron chi connectivity index (χ1n) is 5.09. The zero-order valence-electron chi connectivity index (χ0n) is 9.48. The molecule has 0 radical (unpaired) electrons. The summed E-state index contributed by atoms with van der Waals surface area (Å²) in [6.07, 6.45) is 1.20. The first-order valence-corrected chi connectivity index (χ1v) is 5.47. The van der Waals surface area contributed by atoms with Crippen LogP contribution in [0.25, 0.3) is 0 Å². The molecule has 0 bridgehead atoms. The molecule has 8 nitrogen and oxygen atoms in total. The number of nitrogens with two attached hydrogens (primary N) is 1. The fraction of sp³-hybridized carbons (Fsp3) is 0. The molecule has 0 fully saturated rings. The molecule has 1 aromatic carbocycles. The Kier molecular flexibility index (Phi) is 3.62. The van der Waals surface area contributed by atoms with Gasteiger partial charge in [0.15, 0.2) is 0 Å². The predicted molar refractivity (Wildman–Crippen MR) is 69.5 cm³/mol. The number of aromatic nitrogens is 3. The van der Waals surface area contributed by atoms with Gasteiger partial charge in [0.1, 0.15) is 6.33 Å². The predicted octanol–water partition coefficient (Wildman–Crippen LogP) is 0.617. The molecule has 1 heterocycles. The van der Waals surface area contributed by atoms with Crippen molar-refractivity contribution in [3.8, 4) is 0 Å². The molecular weight excluding hydrogens is 272 g/mol. The molecule has 0 aliphatic heterocycles. The van der Waals surface area contributed by atoms with Gasteiger partial charge in [-0.1, -0.05) is 11.6 Å². The molecule has 0 saturated carbocycles. The van der Waals surface area contributed by atoms with Crippen LogP contribution in [0.1, 0.15) is 0 Å². The van der Waals surface area contributed by atoms with E-state index in [4.69, 9.17) is 17.3 Å². The highest BCUT2D eigenvalue weighted by molar-refractivity contribution is 6.43. The lowest BCUT2D eigenvalue weighted by atomic mass is 10.3. The SMILES string of the molecule is Nc1ccc(NC(=O)C(=O)Nc2ncn[nH]2)cc1Cl. The van der Waals surface area contributed by atoms with Crippen molar-refractivity contribution < 1.29 is 9.59 Å². The topological polar surface area (TPSA) is 126 Å². The summed E-state index contributed by atoms with van der Waals surface area (Å²) in [5, 5.41) is 10.8. The number of hydrogen-bond donors (Lipinski definition) is 4. The first-order chi connectivity index (χ1) is 9.06. The van der Waals surface area contributed by atoms with Gasteiger partial charge in [-0.15, -0.1) is 0 Å². The number of carbonyl (C=O) groups is 2. The fourth-order valence-electron chi connectivity index (χ4n) is 1.22. The molecular formula is C10H9ClN6O2. The van der Waals surface area contributed by atoms with Crippen molar-refractivity contribution in [2.75, 3.05) is 16.4 Å². The molecule has 0 atom stereocenters. The van der Waals surface area contributed by atoms with Crippen molar-refractivity contribution >= 4 is 40.7 Å². The van der Waals surface area contributed by atoms with E-state index in [2.05, 4.69) is 25.8 Å². The standard InChI is InChI=1S/C10H9ClN6O2/c11-6-3-5(1-2-7(6)12)15-8(18)9(19)16-10-13-4-14-17-10/h1-4H,12H2,(H,15,18)(H2,13,14,16,17,19). The summed E-state index contributed by atoms with van der Waals surface area (Å²) in [6.45, 7) is 0. The molecule has 5 N–H and O–H groups in total. The Bertz CT molecular complexity index is 612. The zero-order valence-corrected chi connectivity index (χ0v) is 10.2. The van der Waals surface area contributed by atoms with Crippen LogP contribution in [0.2, 0.25) is 5.02 Å². The van der Waals surface area contributed by atoms with Crippen LogP contribution in [-0.2, 0) is 9.59 Å². The molecule has 0 aliphatic carbocycles. The van der Waals surface area contributed by atoms with Crippen molar-refractivity contribution in [2.45, 2.75) is 0 Å². The number of nitrogens with one attached hydrogen (secondary N) is 3. The van der Waals surface area contributed by atoms with Crippen LogP contribution >= 0.6 is 11.6 Å². The number of carbonyl (C=O) groups excluding carboxylic acids is 2. The lowest BCUT2D eigenvalue weighted by molar-refractivity contribution is -0.133. The highest BCUT2D eigenvalue weighted by atomic mass is 35.5. The quantitative estimate of drug-likeness (QED) is 0.474. The van der Waals surface area contributed by atoms with E-state index in [1.807, 2.05) is 0 Å². The molecule has 0 unspecified atom stereocenters. The third-order valence-corrected chi connectivity index (χ3v) is 2.44. The molecule has 98 valence electrons. The highest BCUT2D eigenvalue weighted by Gasteiger charge is 2.15. The average Bonchev–Trinajstić information content (AvgIpc) is 2.86. The summed E-state index contributed by atoms with van der Waals surface area (Å²) in [6, 6.07) is 4.49. The molecule has 0 spiro atoms. The summed E-state index contributed by atoms with van der Waals surface area (Å²) < 4.78 is 0. The van der Waals surface area contributed by atoms with Crippen LogP contribution in [0.3, 0.4) is 0 Å². The van der Waals surface area contributed by atoms with Gasteiger partial charge >= 0.3 is 11.8 Å². The second kappa shape index (κ2) is 5.36. The van der Waals surface area contributed by atoms with Crippen LogP contribution < -0.4 is 16.4 Å². The largest absolute Gasteiger partial charge is 0.398 e. The van der Waals surface area contributed by atoms with Crippen LogP contribution in [0, 0.1) is 0 Å². The average molecular weight is 281 g/mol. The number of amides is 2. The lowest BCUT2D eigenvalue weighted by Crippen LogP contribution is -2.29. The van der Waals surface area contributed by atoms with E-state index in [9.17, 15) is 9.59 Å². The third-order valence-electron chi connectivity index (χ3n) is 2.11. The van der Waals surface area contributed by atoms with Gasteiger partial charge in [0, 0.05) is 5.69 Å². The number of benzene rings is 1. The smallest absolute Gasteiger partial charge is 0.316 e. The van der Waals surface area contributed by atoms with Gasteiger partial charge in [-0.05, 0) is 18.2 Å². The number of hydrogen-bond acceptors (Lipinski definition) is 5. The molecule has 0 saturated heterocycles. The summed E-state index contributed by atoms with van der Waals surface area (Å²) in [7, 11) is 0. The highest BCUT2D eigenvalue weighted by Crippen LogP contribution is 2.22. The lowest BCUT2D eigenvalue weighted by Gasteiger charge is -2.06. The van der Waals surface area contributed by atoms with Crippen molar-refractivity contribution in [2.24, 2.45) is 0 Å². The van der Waals surface area contributed by atoms with Crippen molar-refractivity contribution in [1.82, 2.24) is 15.2 Å². The van der Waals surface area contributed by atoms with Crippen molar-refractivity contribution in [3.05, 3.63) is 29.5 Å². The van der Waals surface area contributed by atoms with E-state index in [0.29, 0.717) is 11.4 Å². The third kappa shape index (κ3) is 3.19. The number of nitrogen functional groups attached to an aromatic ring is 1. The van der Waals surface area contributed by atoms with Gasteiger partial charge in [-0.25, -0.2) is 5.10 Å². The van der Waals surface area contributed by atoms with Crippen LogP contribution in [0.4, 0.5) is 17.3 Å². The minimum absolute atomic E-state index is 0.0792. The van der Waals surface area contributed by atoms with E-state index in [1.165, 1.54) is 24.5 Å². The Morgan fingerprint density at radius 1 is 1.26 bits per heavy atom. The van der Waals surface area contributed by atoms with Gasteiger partial charge in [-0.3, -0.25) is 14.9 Å². The summed E-state index contributed by atoms with van der Waals surface area (Å²) in [4.78, 5) is 26.7. The summed E-state index contributed by atoms with van der Waals surface area (Å²) >= 11 is 5.79. The van der Waals surface area contributed by atoms with Gasteiger partial charge in [-0.2, -0.15) is 10.1 Å². The van der Waals surface area contributed by atoms with Gasteiger partial charge < -0.3 is 11.1 Å². The van der Waals surface area contributed by atoms with E-state index < -0.39 is 11.8 Å². The normalized spacial score (nSPS) is 9.95. The maximum absolute atomic E-state index is 11.6. The van der Waals surface area contributed by atoms with E-state index >= 15 is 0 Å². The van der Waals surface area contributed by atoms with Crippen molar-refractivity contribution in [3.63, 3.8) is 0 Å². The van der Waals surface area contributed by atoms with E-state index in [0.717, 1.165) is 0 Å². The maximum Gasteiger partial charge on any atom is 0.316 e. The van der Waals surface area contributed by atoms with E-state index in [-0.39, 0.29) is 11.0 Å². The Morgan fingerprint density at radius 2 is 2.00 bits per heavy atom. The molecule has 2 aromatic rings. The molecule has 2 amide bonds. The number of nitrogens with zero attached hydrogens (tertiary/aromatic N) is 2. The number of halogens is 1. The van der Waals surface area contributed by atoms with Crippen LogP contribution in [-0.4, -0.2) is 27.0 Å². The van der Waals surface area contributed by atoms with Gasteiger partial charge in [0.05, 0.1) is 10.7 Å². The number of anilines is 3. The Morgan fingerprint density at radius 3 is 2.63 bits per heavy atom. The number of aromatic amines is 1. The minimum Gasteiger partial charge on any atom is -0.398 e. The monoisotopic (exact) mass is 280 g/mol. The Labute approximate surface area is 112 Å². The second-order valence-corrected chi connectivity index (χ2v) is 3.89. The first kappa shape index (κ1) is 12.8. The fourth-order valence-corrected chi connectivity index (χ4v) is 1.40. The summed E-state index contributed by atoms with van der Waals surface area (Å²) in [5.74, 6) is -1.67. The second-order valence-electron chi connectivity index (χ2n) is 3.48. The van der Waals surface area contributed by atoms with Crippen LogP contribution in [0.15, 0.2) is 24.5 Å². The minimum atomic E-state index is -0.885. The molecule has 19 heavy (non-hydrogen) atoms. The zero-order chi connectivity index (χ0) is 13.8.